The van der Waals surface area contributed by atoms with E-state index in [9.17, 15) is 4.79 Å². The maximum atomic E-state index is 11.0. The minimum atomic E-state index is -0.934. The van der Waals surface area contributed by atoms with Crippen LogP contribution in [0.3, 0.4) is 0 Å². The van der Waals surface area contributed by atoms with Crippen LogP contribution in [-0.2, 0) is 4.79 Å². The number of carboxylic acid groups (broad SMARTS) is 1. The van der Waals surface area contributed by atoms with E-state index >= 15 is 0 Å². The smallest absolute Gasteiger partial charge is 0.331 e. The fraction of sp³-hybridized carbons (Fsp3) is 0.357. The van der Waals surface area contributed by atoms with E-state index in [4.69, 9.17) is 19.3 Å². The first kappa shape index (κ1) is 14.9. The Hall–Kier alpha value is -2.17. The number of methoxy groups -OCH3 is 3. The molecule has 0 aliphatic rings. The lowest BCUT2D eigenvalue weighted by molar-refractivity contribution is -0.132. The molecule has 1 aromatic carbocycles. The fourth-order valence-corrected chi connectivity index (χ4v) is 1.70. The molecule has 0 saturated carbocycles. The summed E-state index contributed by atoms with van der Waals surface area (Å²) < 4.78 is 15.6. The normalized spacial score (nSPS) is 11.1. The molecule has 0 bridgehead atoms. The van der Waals surface area contributed by atoms with Crippen LogP contribution in [0.4, 0.5) is 0 Å². The lowest BCUT2D eigenvalue weighted by Crippen LogP contribution is -1.99. The molecule has 1 N–H and O–H groups in total. The molecule has 1 aromatic rings. The third kappa shape index (κ3) is 3.40. The monoisotopic (exact) mass is 266 g/mol. The van der Waals surface area contributed by atoms with Crippen molar-refractivity contribution in [1.82, 2.24) is 0 Å². The molecule has 0 heterocycles. The van der Waals surface area contributed by atoms with Crippen LogP contribution in [-0.4, -0.2) is 32.4 Å². The average molecular weight is 266 g/mol. The molecule has 0 spiro atoms. The Bertz CT molecular complexity index is 466. The van der Waals surface area contributed by atoms with Crippen LogP contribution < -0.4 is 14.2 Å². The van der Waals surface area contributed by atoms with Gasteiger partial charge in [-0.05, 0) is 30.2 Å². The number of hydrogen-bond donors (Lipinski definition) is 1. The average Bonchev–Trinajstić information content (AvgIpc) is 2.42. The molecule has 0 aromatic heterocycles. The Labute approximate surface area is 112 Å². The van der Waals surface area contributed by atoms with E-state index in [-0.39, 0.29) is 0 Å². The van der Waals surface area contributed by atoms with Gasteiger partial charge < -0.3 is 19.3 Å². The highest BCUT2D eigenvalue weighted by Crippen LogP contribution is 2.38. The van der Waals surface area contributed by atoms with Crippen LogP contribution in [0.1, 0.15) is 18.9 Å². The molecule has 5 nitrogen and oxygen atoms in total. The van der Waals surface area contributed by atoms with Gasteiger partial charge in [-0.15, -0.1) is 0 Å². The number of aliphatic carboxylic acids is 1. The second-order valence-corrected chi connectivity index (χ2v) is 3.79. The third-order valence-electron chi connectivity index (χ3n) is 2.68. The van der Waals surface area contributed by atoms with Crippen molar-refractivity contribution in [2.75, 3.05) is 21.3 Å². The second-order valence-electron chi connectivity index (χ2n) is 3.79. The molecule has 0 radical (unpaired) electrons. The van der Waals surface area contributed by atoms with E-state index in [2.05, 4.69) is 0 Å². The zero-order chi connectivity index (χ0) is 14.4. The molecule has 0 fully saturated rings. The van der Waals surface area contributed by atoms with E-state index in [1.54, 1.807) is 25.1 Å². The van der Waals surface area contributed by atoms with Crippen molar-refractivity contribution in [2.24, 2.45) is 0 Å². The Kier molecular flexibility index (Phi) is 5.23. The van der Waals surface area contributed by atoms with Crippen molar-refractivity contribution in [3.05, 3.63) is 23.3 Å². The Morgan fingerprint density at radius 2 is 1.68 bits per heavy atom. The van der Waals surface area contributed by atoms with Gasteiger partial charge in [0.15, 0.2) is 11.5 Å². The highest BCUT2D eigenvalue weighted by molar-refractivity contribution is 5.92. The molecular formula is C14H18O5. The molecule has 0 amide bonds. The predicted octanol–water partition coefficient (Wildman–Crippen LogP) is 2.59. The molecule has 5 heteroatoms. The first-order valence-corrected chi connectivity index (χ1v) is 5.81. The number of benzene rings is 1. The topological polar surface area (TPSA) is 65.0 Å². The van der Waals surface area contributed by atoms with Gasteiger partial charge in [-0.3, -0.25) is 0 Å². The molecule has 0 aliphatic heterocycles. The van der Waals surface area contributed by atoms with Gasteiger partial charge in [0, 0.05) is 5.57 Å². The zero-order valence-electron chi connectivity index (χ0n) is 11.5. The summed E-state index contributed by atoms with van der Waals surface area (Å²) in [5.41, 5.74) is 1.00. The van der Waals surface area contributed by atoms with Crippen LogP contribution in [0.25, 0.3) is 6.08 Å². The molecule has 104 valence electrons. The van der Waals surface area contributed by atoms with E-state index in [0.29, 0.717) is 34.8 Å². The maximum absolute atomic E-state index is 11.0. The first-order valence-electron chi connectivity index (χ1n) is 5.81. The van der Waals surface area contributed by atoms with Gasteiger partial charge in [0.25, 0.3) is 0 Å². The third-order valence-corrected chi connectivity index (χ3v) is 2.68. The van der Waals surface area contributed by atoms with Crippen LogP contribution >= 0.6 is 0 Å². The van der Waals surface area contributed by atoms with E-state index < -0.39 is 5.97 Å². The summed E-state index contributed by atoms with van der Waals surface area (Å²) >= 11 is 0. The predicted molar refractivity (Wildman–Crippen MR) is 72.0 cm³/mol. The minimum absolute atomic E-state index is 0.314. The van der Waals surface area contributed by atoms with Crippen molar-refractivity contribution >= 4 is 12.0 Å². The number of carbonyl (C=O) groups is 1. The van der Waals surface area contributed by atoms with E-state index in [1.807, 2.05) is 0 Å². The van der Waals surface area contributed by atoms with E-state index in [1.165, 1.54) is 21.3 Å². The lowest BCUT2D eigenvalue weighted by Gasteiger charge is -2.13. The Morgan fingerprint density at radius 1 is 1.16 bits per heavy atom. The molecule has 0 saturated heterocycles. The SMILES string of the molecule is CC/C(=C\c1cc(OC)c(OC)c(OC)c1)C(=O)O. The summed E-state index contributed by atoms with van der Waals surface area (Å²) in [6.07, 6.45) is 2.03. The molecule has 19 heavy (non-hydrogen) atoms. The molecular weight excluding hydrogens is 248 g/mol. The summed E-state index contributed by atoms with van der Waals surface area (Å²) in [5, 5.41) is 9.03. The van der Waals surface area contributed by atoms with Crippen LogP contribution in [0.15, 0.2) is 17.7 Å². The summed E-state index contributed by atoms with van der Waals surface area (Å²) in [4.78, 5) is 11.0. The summed E-state index contributed by atoms with van der Waals surface area (Å²) in [6, 6.07) is 3.42. The molecule has 0 aliphatic carbocycles. The van der Waals surface area contributed by atoms with Crippen LogP contribution in [0, 0.1) is 0 Å². The van der Waals surface area contributed by atoms with Gasteiger partial charge in [0.05, 0.1) is 21.3 Å². The standard InChI is InChI=1S/C14H18O5/c1-5-10(14(15)16)6-9-7-11(17-2)13(19-4)12(8-9)18-3/h6-8H,5H2,1-4H3,(H,15,16)/b10-6+. The summed E-state index contributed by atoms with van der Waals surface area (Å²) in [6.45, 7) is 1.79. The number of rotatable bonds is 6. The number of ether oxygens (including phenoxy) is 3. The number of hydrogen-bond acceptors (Lipinski definition) is 4. The maximum Gasteiger partial charge on any atom is 0.331 e. The van der Waals surface area contributed by atoms with Crippen molar-refractivity contribution in [3.63, 3.8) is 0 Å². The summed E-state index contributed by atoms with van der Waals surface area (Å²) in [7, 11) is 4.55. The van der Waals surface area contributed by atoms with Crippen LogP contribution in [0.5, 0.6) is 17.2 Å². The van der Waals surface area contributed by atoms with Gasteiger partial charge in [0.1, 0.15) is 0 Å². The van der Waals surface area contributed by atoms with Gasteiger partial charge in [-0.1, -0.05) is 6.92 Å². The zero-order valence-corrected chi connectivity index (χ0v) is 11.5. The van der Waals surface area contributed by atoms with Crippen LogP contribution in [0.2, 0.25) is 0 Å². The quantitative estimate of drug-likeness (QED) is 0.802. The highest BCUT2D eigenvalue weighted by Gasteiger charge is 2.13. The fourth-order valence-electron chi connectivity index (χ4n) is 1.70. The van der Waals surface area contributed by atoms with Gasteiger partial charge in [0.2, 0.25) is 5.75 Å². The highest BCUT2D eigenvalue weighted by atomic mass is 16.5. The summed E-state index contributed by atoms with van der Waals surface area (Å²) in [5.74, 6) is 0.537. The van der Waals surface area contributed by atoms with Gasteiger partial charge in [-0.25, -0.2) is 4.79 Å². The Balaban J connectivity index is 3.34. The van der Waals surface area contributed by atoms with Crippen molar-refractivity contribution in [1.29, 1.82) is 0 Å². The minimum Gasteiger partial charge on any atom is -0.493 e. The van der Waals surface area contributed by atoms with Crippen molar-refractivity contribution in [3.8, 4) is 17.2 Å². The molecule has 1 rings (SSSR count). The van der Waals surface area contributed by atoms with Gasteiger partial charge in [-0.2, -0.15) is 0 Å². The number of carboxylic acids is 1. The molecule has 0 unspecified atom stereocenters. The Morgan fingerprint density at radius 3 is 2.00 bits per heavy atom. The van der Waals surface area contributed by atoms with Crippen molar-refractivity contribution in [2.45, 2.75) is 13.3 Å². The van der Waals surface area contributed by atoms with Crippen molar-refractivity contribution < 1.29 is 24.1 Å². The largest absolute Gasteiger partial charge is 0.493 e. The molecule has 0 atom stereocenters. The first-order chi connectivity index (χ1) is 9.07. The van der Waals surface area contributed by atoms with E-state index in [0.717, 1.165) is 0 Å². The van der Waals surface area contributed by atoms with Gasteiger partial charge >= 0.3 is 5.97 Å². The lowest BCUT2D eigenvalue weighted by atomic mass is 10.1. The second kappa shape index (κ2) is 6.68.